The van der Waals surface area contributed by atoms with Gasteiger partial charge < -0.3 is 70.6 Å². The molecule has 0 spiro atoms. The van der Waals surface area contributed by atoms with Crippen LogP contribution in [0.1, 0.15) is 51.0 Å². The van der Waals surface area contributed by atoms with E-state index < -0.39 is 71.8 Å². The second-order valence-corrected chi connectivity index (χ2v) is 12.5. The number of anilines is 1. The number of hydrogen-bond donors (Lipinski definition) is 14. The van der Waals surface area contributed by atoms with Crippen molar-refractivity contribution in [3.05, 3.63) is 29.8 Å². The molecular formula is C32H56N14O7. The molecular weight excluding hydrogens is 692 g/mol. The molecule has 1 aromatic rings. The highest BCUT2D eigenvalue weighted by molar-refractivity contribution is 5.96. The minimum Gasteiger partial charge on any atom is -0.399 e. The zero-order valence-electron chi connectivity index (χ0n) is 30.4. The molecule has 0 aromatic heterocycles. The van der Waals surface area contributed by atoms with Gasteiger partial charge in [-0.2, -0.15) is 0 Å². The predicted molar refractivity (Wildman–Crippen MR) is 197 cm³/mol. The van der Waals surface area contributed by atoms with Gasteiger partial charge in [-0.05, 0) is 63.8 Å². The summed E-state index contributed by atoms with van der Waals surface area (Å²) in [5.74, 6) is -5.30. The van der Waals surface area contributed by atoms with Crippen molar-refractivity contribution in [3.63, 3.8) is 0 Å². The van der Waals surface area contributed by atoms with E-state index in [1.807, 2.05) is 0 Å². The van der Waals surface area contributed by atoms with Gasteiger partial charge in [0.1, 0.15) is 30.2 Å². The van der Waals surface area contributed by atoms with Gasteiger partial charge in [0.25, 0.3) is 0 Å². The van der Waals surface area contributed by atoms with Gasteiger partial charge in [0.2, 0.25) is 35.4 Å². The summed E-state index contributed by atoms with van der Waals surface area (Å²) in [5.41, 5.74) is 28.6. The number of nitrogen functional groups attached to an aromatic ring is 1. The predicted octanol–water partition coefficient (Wildman–Crippen LogP) is -4.66. The topological polar surface area (TPSA) is 376 Å². The minimum absolute atomic E-state index is 0.00474. The van der Waals surface area contributed by atoms with Gasteiger partial charge in [-0.3, -0.25) is 39.6 Å². The Morgan fingerprint density at radius 2 is 1.30 bits per heavy atom. The number of likely N-dealkylation sites (N-methyl/N-ethyl adjacent to an activating group) is 2. The van der Waals surface area contributed by atoms with Crippen LogP contribution in [0.25, 0.3) is 0 Å². The van der Waals surface area contributed by atoms with E-state index in [9.17, 15) is 33.9 Å². The lowest BCUT2D eigenvalue weighted by Gasteiger charge is -2.32. The van der Waals surface area contributed by atoms with E-state index in [0.717, 1.165) is 4.90 Å². The Morgan fingerprint density at radius 3 is 1.79 bits per heavy atom. The van der Waals surface area contributed by atoms with E-state index in [1.54, 1.807) is 24.3 Å². The third-order valence-corrected chi connectivity index (χ3v) is 8.15. The van der Waals surface area contributed by atoms with E-state index in [-0.39, 0.29) is 70.0 Å². The molecule has 6 amide bonds. The zero-order valence-corrected chi connectivity index (χ0v) is 30.4. The summed E-state index contributed by atoms with van der Waals surface area (Å²) >= 11 is 0. The second-order valence-electron chi connectivity index (χ2n) is 12.5. The zero-order chi connectivity index (χ0) is 40.2. The van der Waals surface area contributed by atoms with Crippen LogP contribution < -0.4 is 60.6 Å². The Balaban J connectivity index is 3.40. The first-order valence-electron chi connectivity index (χ1n) is 17.0. The summed E-state index contributed by atoms with van der Waals surface area (Å²) in [5, 5.41) is 40.4. The molecule has 0 unspecified atom stereocenters. The summed E-state index contributed by atoms with van der Waals surface area (Å²) in [4.78, 5) is 79.8. The fourth-order valence-corrected chi connectivity index (χ4v) is 5.27. The van der Waals surface area contributed by atoms with E-state index in [1.165, 1.54) is 21.0 Å². The van der Waals surface area contributed by atoms with Crippen molar-refractivity contribution in [2.75, 3.05) is 32.9 Å². The Bertz CT molecular complexity index is 1430. The Labute approximate surface area is 308 Å². The molecule has 19 N–H and O–H groups in total. The molecule has 0 bridgehead atoms. The Hall–Kier alpha value is -5.70. The average molecular weight is 749 g/mol. The molecule has 0 heterocycles. The molecule has 21 nitrogen and oxygen atoms in total. The number of guanidine groups is 2. The van der Waals surface area contributed by atoms with Crippen LogP contribution in [0.15, 0.2) is 24.3 Å². The molecule has 1 rings (SSSR count). The number of nitrogens with two attached hydrogens (primary N) is 5. The molecule has 0 aliphatic carbocycles. The first kappa shape index (κ1) is 45.3. The van der Waals surface area contributed by atoms with Crippen molar-refractivity contribution in [2.24, 2.45) is 22.9 Å². The number of amides is 6. The van der Waals surface area contributed by atoms with Crippen molar-refractivity contribution in [1.29, 1.82) is 10.8 Å². The van der Waals surface area contributed by atoms with Crippen molar-refractivity contribution in [3.8, 4) is 0 Å². The SMILES string of the molecule is CN[C@H](C(=O)N[C@@H](CCCNC(=N)N)C(=O)N[C@@H](CCC(N)=O)C(=O)N(C)[C@@H](CCCNC(=N)N)C(=O)N[C@@H](Cc1ccc(N)cc1)C(N)=O)[C@@H](C)O. The molecule has 0 radical (unpaired) electrons. The third-order valence-electron chi connectivity index (χ3n) is 8.15. The molecule has 21 heteroatoms. The number of carbonyl (C=O) groups excluding carboxylic acids is 6. The number of aliphatic hydroxyl groups is 1. The first-order chi connectivity index (χ1) is 24.9. The molecule has 296 valence electrons. The fraction of sp³-hybridized carbons (Fsp3) is 0.562. The van der Waals surface area contributed by atoms with E-state index in [2.05, 4.69) is 31.9 Å². The number of hydrogen-bond acceptors (Lipinski definition) is 11. The van der Waals surface area contributed by atoms with E-state index in [4.69, 9.17) is 39.5 Å². The molecule has 0 fully saturated rings. The van der Waals surface area contributed by atoms with Gasteiger partial charge in [0, 0.05) is 38.7 Å². The van der Waals surface area contributed by atoms with Crippen molar-refractivity contribution in [1.82, 2.24) is 36.8 Å². The summed E-state index contributed by atoms with van der Waals surface area (Å²) in [6.45, 7) is 1.72. The number of nitrogens with one attached hydrogen (secondary N) is 8. The lowest BCUT2D eigenvalue weighted by Crippen LogP contribution is -2.60. The van der Waals surface area contributed by atoms with Gasteiger partial charge in [-0.25, -0.2) is 0 Å². The van der Waals surface area contributed by atoms with Crippen molar-refractivity contribution < 1.29 is 33.9 Å². The quantitative estimate of drug-likeness (QED) is 0.0205. The second kappa shape index (κ2) is 23.0. The van der Waals surface area contributed by atoms with E-state index >= 15 is 0 Å². The number of carbonyl (C=O) groups is 6. The maximum absolute atomic E-state index is 14.1. The van der Waals surface area contributed by atoms with Gasteiger partial charge in [-0.15, -0.1) is 0 Å². The van der Waals surface area contributed by atoms with E-state index in [0.29, 0.717) is 11.3 Å². The van der Waals surface area contributed by atoms with Crippen LogP contribution in [0.2, 0.25) is 0 Å². The maximum Gasteiger partial charge on any atom is 0.245 e. The summed E-state index contributed by atoms with van der Waals surface area (Å²) < 4.78 is 0. The molecule has 0 aliphatic heterocycles. The highest BCUT2D eigenvalue weighted by Gasteiger charge is 2.35. The summed E-state index contributed by atoms with van der Waals surface area (Å²) in [6.07, 6.45) is -1.23. The molecule has 1 aromatic carbocycles. The summed E-state index contributed by atoms with van der Waals surface area (Å²) in [7, 11) is 2.75. The molecule has 0 aliphatic rings. The molecule has 6 atom stereocenters. The number of rotatable bonds is 24. The number of aliphatic hydroxyl groups excluding tert-OH is 1. The van der Waals surface area contributed by atoms with Crippen LogP contribution in [-0.4, -0.2) is 121 Å². The lowest BCUT2D eigenvalue weighted by molar-refractivity contribution is -0.143. The smallest absolute Gasteiger partial charge is 0.245 e. The number of nitrogens with zero attached hydrogens (tertiary/aromatic N) is 1. The molecule has 0 saturated carbocycles. The van der Waals surface area contributed by atoms with Gasteiger partial charge in [0.05, 0.1) is 6.10 Å². The lowest BCUT2D eigenvalue weighted by atomic mass is 10.0. The minimum atomic E-state index is -1.42. The van der Waals surface area contributed by atoms with Gasteiger partial charge in [-0.1, -0.05) is 12.1 Å². The molecule has 0 saturated heterocycles. The standard InChI is InChI=1S/C32H56N14O7/c1-17(47)25(40-2)29(52)43-20(6-4-14-41-31(36)37)27(50)44-21(12-13-24(34)48)30(53)46(3)23(7-5-15-42-32(38)39)28(51)45-22(26(35)49)16-18-8-10-19(33)11-9-18/h8-11,17,20-23,25,40,47H,4-7,12-16,33H2,1-3H3,(H2,34,48)(H2,35,49)(H,43,52)(H,44,50)(H,45,51)(H4,36,37,41)(H4,38,39,42)/t17-,20+,21+,22+,23+,25+/m1/s1. The van der Waals surface area contributed by atoms with Crippen LogP contribution in [0.3, 0.4) is 0 Å². The van der Waals surface area contributed by atoms with Gasteiger partial charge in [0.15, 0.2) is 11.9 Å². The third kappa shape index (κ3) is 16.9. The van der Waals surface area contributed by atoms with Crippen LogP contribution in [0.5, 0.6) is 0 Å². The van der Waals surface area contributed by atoms with Gasteiger partial charge >= 0.3 is 0 Å². The van der Waals surface area contributed by atoms with Crippen LogP contribution >= 0.6 is 0 Å². The summed E-state index contributed by atoms with van der Waals surface area (Å²) in [6, 6.07) is 0.415. The maximum atomic E-state index is 14.1. The van der Waals surface area contributed by atoms with Crippen molar-refractivity contribution in [2.45, 2.75) is 88.2 Å². The average Bonchev–Trinajstić information content (AvgIpc) is 3.07. The number of primary amides is 2. The van der Waals surface area contributed by atoms with Crippen molar-refractivity contribution >= 4 is 53.0 Å². The molecule has 53 heavy (non-hydrogen) atoms. The van der Waals surface area contributed by atoms with Crippen LogP contribution in [0.4, 0.5) is 5.69 Å². The van der Waals surface area contributed by atoms with Crippen LogP contribution in [0, 0.1) is 10.8 Å². The largest absolute Gasteiger partial charge is 0.399 e. The van der Waals surface area contributed by atoms with Crippen LogP contribution in [-0.2, 0) is 35.2 Å². The fourth-order valence-electron chi connectivity index (χ4n) is 5.27. The first-order valence-corrected chi connectivity index (χ1v) is 17.0. The Kier molecular flexibility index (Phi) is 19.7. The highest BCUT2D eigenvalue weighted by Crippen LogP contribution is 2.14. The number of benzene rings is 1. The normalized spacial score (nSPS) is 14.2. The monoisotopic (exact) mass is 748 g/mol. The Morgan fingerprint density at radius 1 is 0.774 bits per heavy atom. The highest BCUT2D eigenvalue weighted by atomic mass is 16.3.